The first-order valence-electron chi connectivity index (χ1n) is 5.84. The second-order valence-corrected chi connectivity index (χ2v) is 4.50. The molecule has 5 nitrogen and oxygen atoms in total. The number of hydrogen-bond acceptors (Lipinski definition) is 4. The maximum atomic E-state index is 11.8. The Morgan fingerprint density at radius 2 is 2.26 bits per heavy atom. The van der Waals surface area contributed by atoms with Crippen LogP contribution < -0.4 is 5.73 Å². The van der Waals surface area contributed by atoms with Crippen LogP contribution in [0.4, 0.5) is 5.69 Å². The monoisotopic (exact) mass is 279 g/mol. The molecule has 0 bridgehead atoms. The van der Waals surface area contributed by atoms with Crippen LogP contribution in [0.2, 0.25) is 5.02 Å². The number of aryl methyl sites for hydroxylation is 1. The highest BCUT2D eigenvalue weighted by atomic mass is 35.5. The summed E-state index contributed by atoms with van der Waals surface area (Å²) in [6, 6.07) is 4.66. The van der Waals surface area contributed by atoms with Crippen LogP contribution in [0.15, 0.2) is 36.9 Å². The van der Waals surface area contributed by atoms with Gasteiger partial charge in [-0.3, -0.25) is 0 Å². The number of rotatable bonds is 5. The van der Waals surface area contributed by atoms with Gasteiger partial charge in [-0.25, -0.2) is 9.78 Å². The van der Waals surface area contributed by atoms with Gasteiger partial charge in [0.1, 0.15) is 0 Å². The van der Waals surface area contributed by atoms with Crippen LogP contribution in [0.25, 0.3) is 0 Å². The molecule has 0 aliphatic carbocycles. The molecule has 100 valence electrons. The molecule has 1 heterocycles. The van der Waals surface area contributed by atoms with Crippen molar-refractivity contribution in [2.75, 3.05) is 12.3 Å². The largest absolute Gasteiger partial charge is 0.462 e. The Morgan fingerprint density at radius 1 is 1.42 bits per heavy atom. The Morgan fingerprint density at radius 3 is 2.95 bits per heavy atom. The van der Waals surface area contributed by atoms with Gasteiger partial charge < -0.3 is 15.0 Å². The topological polar surface area (TPSA) is 70.1 Å². The number of carbonyl (C=O) groups is 1. The number of esters is 1. The Kier molecular flexibility index (Phi) is 4.41. The van der Waals surface area contributed by atoms with Crippen molar-refractivity contribution < 1.29 is 9.53 Å². The molecule has 0 saturated heterocycles. The fraction of sp³-hybridized carbons (Fsp3) is 0.231. The molecule has 0 radical (unpaired) electrons. The number of aromatic nitrogens is 2. The number of halogens is 1. The zero-order valence-corrected chi connectivity index (χ0v) is 11.0. The Hall–Kier alpha value is -2.01. The second-order valence-electron chi connectivity index (χ2n) is 4.06. The number of nitrogen functional groups attached to an aromatic ring is 1. The summed E-state index contributed by atoms with van der Waals surface area (Å²) in [6.07, 6.45) is 6.01. The first-order valence-corrected chi connectivity index (χ1v) is 6.22. The van der Waals surface area contributed by atoms with E-state index in [0.29, 0.717) is 22.9 Å². The molecule has 0 fully saturated rings. The number of nitrogens with two attached hydrogens (primary N) is 1. The predicted molar refractivity (Wildman–Crippen MR) is 73.0 cm³/mol. The minimum atomic E-state index is -0.417. The lowest BCUT2D eigenvalue weighted by Gasteiger charge is -2.06. The summed E-state index contributed by atoms with van der Waals surface area (Å²) in [4.78, 5) is 15.7. The van der Waals surface area contributed by atoms with Gasteiger partial charge in [-0.15, -0.1) is 0 Å². The molecule has 2 N–H and O–H groups in total. The highest BCUT2D eigenvalue weighted by Crippen LogP contribution is 2.17. The molecule has 6 heteroatoms. The number of hydrogen-bond donors (Lipinski definition) is 1. The molecule has 0 aliphatic rings. The summed E-state index contributed by atoms with van der Waals surface area (Å²) in [5.74, 6) is -0.417. The Bertz CT molecular complexity index is 535. The zero-order valence-electron chi connectivity index (χ0n) is 10.3. The van der Waals surface area contributed by atoms with Gasteiger partial charge in [-0.05, 0) is 24.6 Å². The van der Waals surface area contributed by atoms with E-state index in [1.807, 2.05) is 10.8 Å². The smallest absolute Gasteiger partial charge is 0.338 e. The average molecular weight is 280 g/mol. The molecular formula is C13H14ClN3O2. The van der Waals surface area contributed by atoms with Crippen molar-refractivity contribution in [3.05, 3.63) is 47.5 Å². The van der Waals surface area contributed by atoms with E-state index in [9.17, 15) is 4.79 Å². The molecule has 19 heavy (non-hydrogen) atoms. The summed E-state index contributed by atoms with van der Waals surface area (Å²) < 4.78 is 7.07. The van der Waals surface area contributed by atoms with Crippen LogP contribution in [0.3, 0.4) is 0 Å². The van der Waals surface area contributed by atoms with Crippen LogP contribution in [-0.2, 0) is 11.3 Å². The van der Waals surface area contributed by atoms with E-state index < -0.39 is 5.97 Å². The van der Waals surface area contributed by atoms with E-state index in [1.165, 1.54) is 6.07 Å². The number of anilines is 1. The normalized spacial score (nSPS) is 10.4. The summed E-state index contributed by atoms with van der Waals surface area (Å²) in [6.45, 7) is 1.09. The van der Waals surface area contributed by atoms with Gasteiger partial charge in [0.15, 0.2) is 0 Å². The second kappa shape index (κ2) is 6.24. The van der Waals surface area contributed by atoms with Gasteiger partial charge >= 0.3 is 5.97 Å². The molecule has 2 rings (SSSR count). The van der Waals surface area contributed by atoms with Crippen molar-refractivity contribution in [1.82, 2.24) is 9.55 Å². The highest BCUT2D eigenvalue weighted by molar-refractivity contribution is 6.31. The molecule has 1 aromatic heterocycles. The number of nitrogens with zero attached hydrogens (tertiary/aromatic N) is 2. The predicted octanol–water partition coefficient (Wildman–Crippen LogP) is 2.37. The van der Waals surface area contributed by atoms with Crippen molar-refractivity contribution >= 4 is 23.3 Å². The fourth-order valence-electron chi connectivity index (χ4n) is 1.64. The molecule has 0 spiro atoms. The van der Waals surface area contributed by atoms with Crippen molar-refractivity contribution in [3.8, 4) is 0 Å². The van der Waals surface area contributed by atoms with Crippen molar-refractivity contribution in [1.29, 1.82) is 0 Å². The first kappa shape index (κ1) is 13.4. The fourth-order valence-corrected chi connectivity index (χ4v) is 1.89. The van der Waals surface area contributed by atoms with E-state index in [-0.39, 0.29) is 0 Å². The molecule has 0 unspecified atom stereocenters. The van der Waals surface area contributed by atoms with E-state index in [0.717, 1.165) is 13.0 Å². The number of ether oxygens (including phenoxy) is 1. The third-order valence-electron chi connectivity index (χ3n) is 2.51. The SMILES string of the molecule is Nc1cc(Cl)cc(C(=O)OCCCn2ccnc2)c1. The molecule has 0 amide bonds. The number of imidazole rings is 1. The minimum absolute atomic E-state index is 0.337. The lowest BCUT2D eigenvalue weighted by molar-refractivity contribution is 0.0496. The van der Waals surface area contributed by atoms with Crippen LogP contribution in [0.1, 0.15) is 16.8 Å². The minimum Gasteiger partial charge on any atom is -0.462 e. The quantitative estimate of drug-likeness (QED) is 0.518. The highest BCUT2D eigenvalue weighted by Gasteiger charge is 2.08. The van der Waals surface area contributed by atoms with Gasteiger partial charge in [0.05, 0.1) is 18.5 Å². The lowest BCUT2D eigenvalue weighted by atomic mass is 10.2. The van der Waals surface area contributed by atoms with Gasteiger partial charge in [0.2, 0.25) is 0 Å². The van der Waals surface area contributed by atoms with Crippen LogP contribution in [0, 0.1) is 0 Å². The third kappa shape index (κ3) is 3.99. The summed E-state index contributed by atoms with van der Waals surface area (Å²) >= 11 is 5.83. The molecular weight excluding hydrogens is 266 g/mol. The maximum Gasteiger partial charge on any atom is 0.338 e. The van der Waals surface area contributed by atoms with Crippen LogP contribution in [0.5, 0.6) is 0 Å². The summed E-state index contributed by atoms with van der Waals surface area (Å²) in [7, 11) is 0. The Labute approximate surface area is 116 Å². The molecule has 0 aliphatic heterocycles. The van der Waals surface area contributed by atoms with E-state index >= 15 is 0 Å². The summed E-state index contributed by atoms with van der Waals surface area (Å²) in [5, 5.41) is 0.422. The molecule has 1 aromatic carbocycles. The molecule has 2 aromatic rings. The van der Waals surface area contributed by atoms with Gasteiger partial charge in [-0.1, -0.05) is 11.6 Å². The van der Waals surface area contributed by atoms with Crippen molar-refractivity contribution in [2.24, 2.45) is 0 Å². The average Bonchev–Trinajstić information content (AvgIpc) is 2.86. The number of carbonyl (C=O) groups excluding carboxylic acids is 1. The zero-order chi connectivity index (χ0) is 13.7. The van der Waals surface area contributed by atoms with Gasteiger partial charge in [0.25, 0.3) is 0 Å². The van der Waals surface area contributed by atoms with E-state index in [2.05, 4.69) is 4.98 Å². The standard InChI is InChI=1S/C13H14ClN3O2/c14-11-6-10(7-12(15)8-11)13(18)19-5-1-3-17-4-2-16-9-17/h2,4,6-9H,1,3,5,15H2. The van der Waals surface area contributed by atoms with Crippen molar-refractivity contribution in [3.63, 3.8) is 0 Å². The Balaban J connectivity index is 1.80. The van der Waals surface area contributed by atoms with Crippen LogP contribution >= 0.6 is 11.6 Å². The summed E-state index contributed by atoms with van der Waals surface area (Å²) in [5.41, 5.74) is 6.42. The lowest BCUT2D eigenvalue weighted by Crippen LogP contribution is -2.08. The molecule has 0 saturated carbocycles. The van der Waals surface area contributed by atoms with Gasteiger partial charge in [-0.2, -0.15) is 0 Å². The van der Waals surface area contributed by atoms with E-state index in [4.69, 9.17) is 22.1 Å². The van der Waals surface area contributed by atoms with Crippen molar-refractivity contribution in [2.45, 2.75) is 13.0 Å². The third-order valence-corrected chi connectivity index (χ3v) is 2.73. The molecule has 0 atom stereocenters. The van der Waals surface area contributed by atoms with E-state index in [1.54, 1.807) is 24.7 Å². The maximum absolute atomic E-state index is 11.8. The first-order chi connectivity index (χ1) is 9.15. The van der Waals surface area contributed by atoms with Gasteiger partial charge in [0, 0.05) is 29.6 Å². The number of benzene rings is 1. The van der Waals surface area contributed by atoms with Crippen LogP contribution in [-0.4, -0.2) is 22.1 Å².